The average Bonchev–Trinajstić information content (AvgIpc) is 2.88. The number of piperazine rings is 1. The maximum atomic E-state index is 11.8. The van der Waals surface area contributed by atoms with E-state index in [1.54, 1.807) is 6.92 Å². The number of aliphatic hydroxyl groups is 1. The van der Waals surface area contributed by atoms with E-state index >= 15 is 0 Å². The van der Waals surface area contributed by atoms with E-state index in [0.29, 0.717) is 13.1 Å². The summed E-state index contributed by atoms with van der Waals surface area (Å²) in [6.07, 6.45) is 0.575. The average molecular weight is 476 g/mol. The Morgan fingerprint density at radius 1 is 1.06 bits per heavy atom. The van der Waals surface area contributed by atoms with Gasteiger partial charge in [0.15, 0.2) is 0 Å². The van der Waals surface area contributed by atoms with Crippen LogP contribution >= 0.6 is 0 Å². The Labute approximate surface area is 203 Å². The van der Waals surface area contributed by atoms with Crippen molar-refractivity contribution in [1.82, 2.24) is 14.9 Å². The molecule has 1 aliphatic rings. The third-order valence-corrected chi connectivity index (χ3v) is 5.92. The lowest BCUT2D eigenvalue weighted by atomic mass is 10.1. The Morgan fingerprint density at radius 3 is 2.37 bits per heavy atom. The first-order valence-corrected chi connectivity index (χ1v) is 11.4. The molecule has 0 unspecified atom stereocenters. The molecule has 182 valence electrons. The normalized spacial score (nSPS) is 14.3. The molecule has 2 aromatic carbocycles. The largest absolute Gasteiger partial charge is 0.387 e. The fourth-order valence-corrected chi connectivity index (χ4v) is 3.91. The molecular formula is C25H29N7O3. The molecule has 35 heavy (non-hydrogen) atoms. The quantitative estimate of drug-likeness (QED) is 0.389. The minimum absolute atomic E-state index is 0.106. The summed E-state index contributed by atoms with van der Waals surface area (Å²) in [6, 6.07) is 17.0. The first kappa shape index (κ1) is 24.0. The van der Waals surface area contributed by atoms with Crippen LogP contribution in [0.4, 0.5) is 23.1 Å². The number of hydrogen-bond donors (Lipinski definition) is 4. The Hall–Kier alpha value is -4.18. The second kappa shape index (κ2) is 10.8. The topological polar surface area (TPSA) is 137 Å². The lowest BCUT2D eigenvalue weighted by Gasteiger charge is -2.35. The Kier molecular flexibility index (Phi) is 7.41. The van der Waals surface area contributed by atoms with Gasteiger partial charge in [0.2, 0.25) is 11.9 Å². The third-order valence-electron chi connectivity index (χ3n) is 5.92. The Bertz CT molecular complexity index is 1160. The number of carbonyl (C=O) groups is 2. The van der Waals surface area contributed by atoms with Gasteiger partial charge in [-0.15, -0.1) is 0 Å². The van der Waals surface area contributed by atoms with Crippen LogP contribution in [0.5, 0.6) is 0 Å². The summed E-state index contributed by atoms with van der Waals surface area (Å²) in [4.78, 5) is 36.1. The molecular weight excluding hydrogens is 446 g/mol. The van der Waals surface area contributed by atoms with Crippen LogP contribution in [0.1, 0.15) is 28.9 Å². The molecule has 1 saturated heterocycles. The van der Waals surface area contributed by atoms with Crippen LogP contribution in [-0.4, -0.2) is 64.5 Å². The van der Waals surface area contributed by atoms with E-state index in [-0.39, 0.29) is 29.8 Å². The third kappa shape index (κ3) is 6.04. The second-order valence-corrected chi connectivity index (χ2v) is 8.29. The molecule has 0 spiro atoms. The maximum absolute atomic E-state index is 11.8. The van der Waals surface area contributed by atoms with Gasteiger partial charge in [-0.2, -0.15) is 4.98 Å². The van der Waals surface area contributed by atoms with Gasteiger partial charge in [0.05, 0.1) is 11.7 Å². The predicted octanol–water partition coefficient (Wildman–Crippen LogP) is 2.13. The Balaban J connectivity index is 1.41. The van der Waals surface area contributed by atoms with Crippen molar-refractivity contribution in [2.75, 3.05) is 48.3 Å². The SMILES string of the molecule is CC(=O)N1CCN(c2ccc(Nc3ncc(C(N)=O)c(NC[C@@H](O)c4ccccc4)n3)cc2)CC1. The monoisotopic (exact) mass is 475 g/mol. The number of nitrogens with zero attached hydrogens (tertiary/aromatic N) is 4. The second-order valence-electron chi connectivity index (χ2n) is 8.29. The number of benzene rings is 2. The standard InChI is InChI=1S/C25H29N7O3/c1-17(33)31-11-13-32(14-12-31)20-9-7-19(8-10-20)29-25-28-15-21(23(26)35)24(30-25)27-16-22(34)18-5-3-2-4-6-18/h2-10,15,22,34H,11-14,16H2,1H3,(H2,26,35)(H2,27,28,29,30)/t22-/m1/s1. The van der Waals surface area contributed by atoms with Crippen molar-refractivity contribution < 1.29 is 14.7 Å². The van der Waals surface area contributed by atoms with E-state index in [0.717, 1.165) is 30.0 Å². The van der Waals surface area contributed by atoms with Crippen molar-refractivity contribution >= 4 is 35.0 Å². The predicted molar refractivity (Wildman–Crippen MR) is 135 cm³/mol. The zero-order valence-corrected chi connectivity index (χ0v) is 19.5. The van der Waals surface area contributed by atoms with E-state index < -0.39 is 12.0 Å². The summed E-state index contributed by atoms with van der Waals surface area (Å²) in [5.41, 5.74) is 8.21. The molecule has 1 aromatic heterocycles. The molecule has 0 saturated carbocycles. The van der Waals surface area contributed by atoms with Crippen LogP contribution in [0, 0.1) is 0 Å². The van der Waals surface area contributed by atoms with Gasteiger partial charge in [-0.3, -0.25) is 9.59 Å². The van der Waals surface area contributed by atoms with Crippen LogP contribution in [0.25, 0.3) is 0 Å². The summed E-state index contributed by atoms with van der Waals surface area (Å²) in [7, 11) is 0. The fourth-order valence-electron chi connectivity index (χ4n) is 3.91. The highest BCUT2D eigenvalue weighted by atomic mass is 16.3. The minimum Gasteiger partial charge on any atom is -0.387 e. The van der Waals surface area contributed by atoms with Gasteiger partial charge < -0.3 is 31.3 Å². The van der Waals surface area contributed by atoms with Gasteiger partial charge in [-0.05, 0) is 29.8 Å². The van der Waals surface area contributed by atoms with E-state index in [2.05, 4.69) is 25.5 Å². The van der Waals surface area contributed by atoms with Crippen molar-refractivity contribution in [3.63, 3.8) is 0 Å². The zero-order valence-electron chi connectivity index (χ0n) is 19.5. The first-order valence-electron chi connectivity index (χ1n) is 11.4. The van der Waals surface area contributed by atoms with Gasteiger partial charge in [0.25, 0.3) is 5.91 Å². The van der Waals surface area contributed by atoms with Crippen LogP contribution < -0.4 is 21.3 Å². The highest BCUT2D eigenvalue weighted by Crippen LogP contribution is 2.23. The first-order chi connectivity index (χ1) is 16.9. The number of hydrogen-bond acceptors (Lipinski definition) is 8. The lowest BCUT2D eigenvalue weighted by Crippen LogP contribution is -2.48. The van der Waals surface area contributed by atoms with Crippen LogP contribution in [0.2, 0.25) is 0 Å². The highest BCUT2D eigenvalue weighted by Gasteiger charge is 2.19. The number of nitrogens with two attached hydrogens (primary N) is 1. The number of amides is 2. The van der Waals surface area contributed by atoms with E-state index in [1.165, 1.54) is 6.20 Å². The summed E-state index contributed by atoms with van der Waals surface area (Å²) < 4.78 is 0. The van der Waals surface area contributed by atoms with E-state index in [4.69, 9.17) is 5.73 Å². The number of carbonyl (C=O) groups excluding carboxylic acids is 2. The van der Waals surface area contributed by atoms with Crippen molar-refractivity contribution in [3.05, 3.63) is 71.9 Å². The van der Waals surface area contributed by atoms with Gasteiger partial charge in [0.1, 0.15) is 5.82 Å². The van der Waals surface area contributed by atoms with E-state index in [1.807, 2.05) is 59.5 Å². The molecule has 2 heterocycles. The number of aromatic nitrogens is 2. The smallest absolute Gasteiger partial charge is 0.254 e. The van der Waals surface area contributed by atoms with Gasteiger partial charge in [-0.1, -0.05) is 30.3 Å². The van der Waals surface area contributed by atoms with Crippen LogP contribution in [-0.2, 0) is 4.79 Å². The molecule has 2 amide bonds. The molecule has 0 radical (unpaired) electrons. The van der Waals surface area contributed by atoms with Crippen LogP contribution in [0.3, 0.4) is 0 Å². The van der Waals surface area contributed by atoms with Crippen molar-refractivity contribution in [2.45, 2.75) is 13.0 Å². The summed E-state index contributed by atoms with van der Waals surface area (Å²) >= 11 is 0. The highest BCUT2D eigenvalue weighted by molar-refractivity contribution is 5.97. The molecule has 0 aliphatic carbocycles. The summed E-state index contributed by atoms with van der Waals surface area (Å²) in [6.45, 7) is 4.74. The summed E-state index contributed by atoms with van der Waals surface area (Å²) in [5, 5.41) is 16.6. The van der Waals surface area contributed by atoms with Crippen molar-refractivity contribution in [1.29, 1.82) is 0 Å². The molecule has 1 fully saturated rings. The van der Waals surface area contributed by atoms with Crippen molar-refractivity contribution in [3.8, 4) is 0 Å². The van der Waals surface area contributed by atoms with Gasteiger partial charge >= 0.3 is 0 Å². The molecule has 10 heteroatoms. The molecule has 5 N–H and O–H groups in total. The molecule has 3 aromatic rings. The molecule has 4 rings (SSSR count). The number of nitrogens with one attached hydrogen (secondary N) is 2. The number of anilines is 4. The number of primary amides is 1. The molecule has 1 aliphatic heterocycles. The number of aliphatic hydroxyl groups excluding tert-OH is 1. The lowest BCUT2D eigenvalue weighted by molar-refractivity contribution is -0.129. The maximum Gasteiger partial charge on any atom is 0.254 e. The van der Waals surface area contributed by atoms with Crippen LogP contribution in [0.15, 0.2) is 60.8 Å². The Morgan fingerprint density at radius 2 is 1.74 bits per heavy atom. The molecule has 0 bridgehead atoms. The van der Waals surface area contributed by atoms with E-state index in [9.17, 15) is 14.7 Å². The minimum atomic E-state index is -0.784. The molecule has 1 atom stereocenters. The zero-order chi connectivity index (χ0) is 24.8. The van der Waals surface area contributed by atoms with Gasteiger partial charge in [0, 0.05) is 57.2 Å². The summed E-state index contributed by atoms with van der Waals surface area (Å²) in [5.74, 6) is -0.0306. The van der Waals surface area contributed by atoms with Gasteiger partial charge in [-0.25, -0.2) is 4.98 Å². The number of rotatable bonds is 8. The fraction of sp³-hybridized carbons (Fsp3) is 0.280. The van der Waals surface area contributed by atoms with Crippen molar-refractivity contribution in [2.24, 2.45) is 5.73 Å². The molecule has 10 nitrogen and oxygen atoms in total.